The first-order valence-electron chi connectivity index (χ1n) is 7.20. The second-order valence-corrected chi connectivity index (χ2v) is 5.22. The summed E-state index contributed by atoms with van der Waals surface area (Å²) in [6.07, 6.45) is 2.02. The normalized spacial score (nSPS) is 18.1. The van der Waals surface area contributed by atoms with E-state index in [-0.39, 0.29) is 11.9 Å². The highest BCUT2D eigenvalue weighted by atomic mass is 16.1. The molecule has 1 aliphatic heterocycles. The lowest BCUT2D eigenvalue weighted by Crippen LogP contribution is -2.35. The Morgan fingerprint density at radius 3 is 3.00 bits per heavy atom. The number of rotatable bonds is 5. The number of hydrogen-bond acceptors (Lipinski definition) is 5. The SMILES string of the molecule is CCCNc1cc(N2CCC(NC(C)=O)C2)nc(C)n1. The van der Waals surface area contributed by atoms with Crippen LogP contribution in [0.25, 0.3) is 0 Å². The van der Waals surface area contributed by atoms with Gasteiger partial charge in [-0.1, -0.05) is 6.92 Å². The van der Waals surface area contributed by atoms with E-state index in [1.807, 2.05) is 13.0 Å². The van der Waals surface area contributed by atoms with Crippen LogP contribution in [0.4, 0.5) is 11.6 Å². The van der Waals surface area contributed by atoms with Crippen molar-refractivity contribution in [3.05, 3.63) is 11.9 Å². The van der Waals surface area contributed by atoms with Crippen LogP contribution in [0.2, 0.25) is 0 Å². The molecule has 0 aromatic carbocycles. The summed E-state index contributed by atoms with van der Waals surface area (Å²) in [6.45, 7) is 8.22. The minimum absolute atomic E-state index is 0.0287. The number of anilines is 2. The second kappa shape index (κ2) is 6.54. The van der Waals surface area contributed by atoms with Crippen LogP contribution in [0.15, 0.2) is 6.07 Å². The largest absolute Gasteiger partial charge is 0.370 e. The zero-order valence-electron chi connectivity index (χ0n) is 12.4. The van der Waals surface area contributed by atoms with Crippen LogP contribution in [0.1, 0.15) is 32.5 Å². The van der Waals surface area contributed by atoms with Crippen molar-refractivity contribution in [1.29, 1.82) is 0 Å². The second-order valence-electron chi connectivity index (χ2n) is 5.22. The maximum absolute atomic E-state index is 11.1. The monoisotopic (exact) mass is 277 g/mol. The lowest BCUT2D eigenvalue weighted by atomic mass is 10.3. The Kier molecular flexibility index (Phi) is 4.76. The molecule has 1 amide bonds. The maximum Gasteiger partial charge on any atom is 0.217 e. The molecule has 1 fully saturated rings. The van der Waals surface area contributed by atoms with Crippen LogP contribution in [0.5, 0.6) is 0 Å². The minimum Gasteiger partial charge on any atom is -0.370 e. The van der Waals surface area contributed by atoms with Gasteiger partial charge in [0.05, 0.1) is 0 Å². The first-order valence-corrected chi connectivity index (χ1v) is 7.20. The lowest BCUT2D eigenvalue weighted by Gasteiger charge is -2.19. The molecule has 1 saturated heterocycles. The number of aromatic nitrogens is 2. The molecule has 1 atom stereocenters. The molecular weight excluding hydrogens is 254 g/mol. The lowest BCUT2D eigenvalue weighted by molar-refractivity contribution is -0.119. The van der Waals surface area contributed by atoms with Gasteiger partial charge in [-0.2, -0.15) is 0 Å². The maximum atomic E-state index is 11.1. The Morgan fingerprint density at radius 2 is 2.30 bits per heavy atom. The van der Waals surface area contributed by atoms with E-state index >= 15 is 0 Å². The van der Waals surface area contributed by atoms with E-state index in [9.17, 15) is 4.79 Å². The fourth-order valence-corrected chi connectivity index (χ4v) is 2.43. The van der Waals surface area contributed by atoms with E-state index in [0.717, 1.165) is 49.9 Å². The molecule has 1 aromatic heterocycles. The van der Waals surface area contributed by atoms with E-state index in [1.165, 1.54) is 0 Å². The molecule has 2 rings (SSSR count). The number of amides is 1. The molecule has 6 nitrogen and oxygen atoms in total. The molecule has 1 unspecified atom stereocenters. The average Bonchev–Trinajstić information content (AvgIpc) is 2.83. The molecule has 2 heterocycles. The summed E-state index contributed by atoms with van der Waals surface area (Å²) in [7, 11) is 0. The zero-order chi connectivity index (χ0) is 14.5. The van der Waals surface area contributed by atoms with Crippen molar-refractivity contribution >= 4 is 17.5 Å². The summed E-state index contributed by atoms with van der Waals surface area (Å²) >= 11 is 0. The molecule has 2 N–H and O–H groups in total. The molecule has 110 valence electrons. The van der Waals surface area contributed by atoms with Crippen LogP contribution in [-0.4, -0.2) is 41.6 Å². The third kappa shape index (κ3) is 3.82. The van der Waals surface area contributed by atoms with Crippen molar-refractivity contribution in [2.45, 2.75) is 39.7 Å². The highest BCUT2D eigenvalue weighted by Crippen LogP contribution is 2.21. The number of nitrogens with one attached hydrogen (secondary N) is 2. The first kappa shape index (κ1) is 14.6. The standard InChI is InChI=1S/C14H23N5O/c1-4-6-15-13-8-14(17-10(2)16-13)19-7-5-12(9-19)18-11(3)20/h8,12H,4-7,9H2,1-3H3,(H,18,20)(H,15,16,17). The molecule has 0 spiro atoms. The number of nitrogens with zero attached hydrogens (tertiary/aromatic N) is 3. The Balaban J connectivity index is 2.05. The van der Waals surface area contributed by atoms with Gasteiger partial charge in [0.25, 0.3) is 0 Å². The van der Waals surface area contributed by atoms with Gasteiger partial charge in [-0.25, -0.2) is 9.97 Å². The highest BCUT2D eigenvalue weighted by Gasteiger charge is 2.24. The Morgan fingerprint density at radius 1 is 1.50 bits per heavy atom. The molecule has 0 aliphatic carbocycles. The van der Waals surface area contributed by atoms with Gasteiger partial charge < -0.3 is 15.5 Å². The number of hydrogen-bond donors (Lipinski definition) is 2. The van der Waals surface area contributed by atoms with Crippen molar-refractivity contribution in [2.75, 3.05) is 29.9 Å². The van der Waals surface area contributed by atoms with Crippen LogP contribution >= 0.6 is 0 Å². The van der Waals surface area contributed by atoms with Gasteiger partial charge >= 0.3 is 0 Å². The van der Waals surface area contributed by atoms with Gasteiger partial charge in [0, 0.05) is 38.7 Å². The Bertz CT molecular complexity index is 477. The van der Waals surface area contributed by atoms with Gasteiger partial charge in [0.2, 0.25) is 5.91 Å². The summed E-state index contributed by atoms with van der Waals surface area (Å²) in [5.41, 5.74) is 0. The van der Waals surface area contributed by atoms with Crippen molar-refractivity contribution in [3.63, 3.8) is 0 Å². The van der Waals surface area contributed by atoms with Crippen LogP contribution in [0.3, 0.4) is 0 Å². The molecule has 1 aliphatic rings. The smallest absolute Gasteiger partial charge is 0.217 e. The molecule has 0 bridgehead atoms. The predicted octanol–water partition coefficient (Wildman–Crippen LogP) is 1.32. The van der Waals surface area contributed by atoms with Gasteiger partial charge in [-0.15, -0.1) is 0 Å². The summed E-state index contributed by atoms with van der Waals surface area (Å²) in [5.74, 6) is 2.60. The van der Waals surface area contributed by atoms with Crippen molar-refractivity contribution in [1.82, 2.24) is 15.3 Å². The van der Waals surface area contributed by atoms with E-state index in [4.69, 9.17) is 0 Å². The Hall–Kier alpha value is -1.85. The summed E-state index contributed by atoms with van der Waals surface area (Å²) in [6, 6.07) is 2.20. The topological polar surface area (TPSA) is 70.2 Å². The fraction of sp³-hybridized carbons (Fsp3) is 0.643. The quantitative estimate of drug-likeness (QED) is 0.849. The summed E-state index contributed by atoms with van der Waals surface area (Å²) in [5, 5.41) is 6.26. The van der Waals surface area contributed by atoms with Crippen LogP contribution in [-0.2, 0) is 4.79 Å². The van der Waals surface area contributed by atoms with E-state index in [1.54, 1.807) is 6.92 Å². The van der Waals surface area contributed by atoms with Gasteiger partial charge in [0.1, 0.15) is 17.5 Å². The zero-order valence-corrected chi connectivity index (χ0v) is 12.4. The van der Waals surface area contributed by atoms with E-state index in [0.29, 0.717) is 0 Å². The first-order chi connectivity index (χ1) is 9.58. The number of carbonyl (C=O) groups excluding carboxylic acids is 1. The molecule has 0 saturated carbocycles. The van der Waals surface area contributed by atoms with Crippen LogP contribution < -0.4 is 15.5 Å². The summed E-state index contributed by atoms with van der Waals surface area (Å²) < 4.78 is 0. The van der Waals surface area contributed by atoms with Crippen molar-refractivity contribution in [2.24, 2.45) is 0 Å². The van der Waals surface area contributed by atoms with Crippen LogP contribution in [0, 0.1) is 6.92 Å². The van der Waals surface area contributed by atoms with Gasteiger partial charge in [-0.3, -0.25) is 4.79 Å². The molecule has 20 heavy (non-hydrogen) atoms. The van der Waals surface area contributed by atoms with Gasteiger partial charge in [-0.05, 0) is 19.8 Å². The van der Waals surface area contributed by atoms with Gasteiger partial charge in [0.15, 0.2) is 0 Å². The average molecular weight is 277 g/mol. The highest BCUT2D eigenvalue weighted by molar-refractivity contribution is 5.73. The molecule has 0 radical (unpaired) electrons. The van der Waals surface area contributed by atoms with Crippen molar-refractivity contribution in [3.8, 4) is 0 Å². The van der Waals surface area contributed by atoms with Crippen molar-refractivity contribution < 1.29 is 4.79 Å². The third-order valence-corrected chi connectivity index (χ3v) is 3.30. The fourth-order valence-electron chi connectivity index (χ4n) is 2.43. The predicted molar refractivity (Wildman–Crippen MR) is 80.0 cm³/mol. The number of aryl methyl sites for hydroxylation is 1. The van der Waals surface area contributed by atoms with E-state index in [2.05, 4.69) is 32.4 Å². The minimum atomic E-state index is 0.0287. The third-order valence-electron chi connectivity index (χ3n) is 3.30. The summed E-state index contributed by atoms with van der Waals surface area (Å²) in [4.78, 5) is 22.2. The molecule has 6 heteroatoms. The Labute approximate surface area is 120 Å². The molecule has 1 aromatic rings. The van der Waals surface area contributed by atoms with E-state index < -0.39 is 0 Å². The molecular formula is C14H23N5O. The number of carbonyl (C=O) groups is 1.